The van der Waals surface area contributed by atoms with E-state index in [0.29, 0.717) is 10.6 Å². The van der Waals surface area contributed by atoms with Crippen LogP contribution in [0.1, 0.15) is 18.9 Å². The second-order valence-electron chi connectivity index (χ2n) is 4.16. The minimum Gasteiger partial charge on any atom is -0.278 e. The van der Waals surface area contributed by atoms with Crippen molar-refractivity contribution in [2.75, 3.05) is 0 Å². The van der Waals surface area contributed by atoms with Crippen molar-refractivity contribution >= 4 is 23.4 Å². The molecule has 0 aromatic heterocycles. The summed E-state index contributed by atoms with van der Waals surface area (Å²) in [6.07, 6.45) is 0.214. The standard InChI is InChI=1S/C12H11ClFNO2/c1-7-4-11(16)15(12(7)17)6-8-5-9(14)2-3-10(8)13/h2-3,5,7H,4,6H2,1H3/t7-/m1/s1. The quantitative estimate of drug-likeness (QED) is 0.761. The summed E-state index contributed by atoms with van der Waals surface area (Å²) in [5.74, 6) is -1.19. The number of rotatable bonds is 2. The van der Waals surface area contributed by atoms with E-state index in [1.807, 2.05) is 0 Å². The zero-order valence-electron chi connectivity index (χ0n) is 9.24. The molecule has 1 aliphatic heterocycles. The minimum atomic E-state index is -0.434. The van der Waals surface area contributed by atoms with E-state index < -0.39 is 5.82 Å². The van der Waals surface area contributed by atoms with Crippen LogP contribution < -0.4 is 0 Å². The maximum Gasteiger partial charge on any atom is 0.232 e. The predicted octanol–water partition coefficient (Wildman–Crippen LogP) is 2.37. The van der Waals surface area contributed by atoms with Crippen LogP contribution in [-0.4, -0.2) is 16.7 Å². The highest BCUT2D eigenvalue weighted by Gasteiger charge is 2.35. The van der Waals surface area contributed by atoms with E-state index in [1.165, 1.54) is 18.2 Å². The van der Waals surface area contributed by atoms with Crippen molar-refractivity contribution in [1.29, 1.82) is 0 Å². The third kappa shape index (κ3) is 2.31. The Labute approximate surface area is 103 Å². The summed E-state index contributed by atoms with van der Waals surface area (Å²) in [4.78, 5) is 24.4. The summed E-state index contributed by atoms with van der Waals surface area (Å²) in [5.41, 5.74) is 0.447. The van der Waals surface area contributed by atoms with E-state index in [1.54, 1.807) is 6.92 Å². The summed E-state index contributed by atoms with van der Waals surface area (Å²) >= 11 is 5.89. The molecule has 5 heteroatoms. The SMILES string of the molecule is C[C@@H]1CC(=O)N(Cc2cc(F)ccc2Cl)C1=O. The van der Waals surface area contributed by atoms with Gasteiger partial charge in [0.05, 0.1) is 6.54 Å². The van der Waals surface area contributed by atoms with Crippen LogP contribution >= 0.6 is 11.6 Å². The lowest BCUT2D eigenvalue weighted by atomic mass is 10.1. The molecule has 2 rings (SSSR count). The Hall–Kier alpha value is -1.42. The van der Waals surface area contributed by atoms with Crippen LogP contribution in [0.25, 0.3) is 0 Å². The highest BCUT2D eigenvalue weighted by atomic mass is 35.5. The third-order valence-electron chi connectivity index (χ3n) is 2.81. The number of hydrogen-bond donors (Lipinski definition) is 0. The molecule has 0 bridgehead atoms. The summed E-state index contributed by atoms with van der Waals surface area (Å²) in [5, 5.41) is 0.353. The van der Waals surface area contributed by atoms with Crippen molar-refractivity contribution in [1.82, 2.24) is 4.90 Å². The second kappa shape index (κ2) is 4.45. The van der Waals surface area contributed by atoms with Crippen molar-refractivity contribution in [3.05, 3.63) is 34.6 Å². The number of carbonyl (C=O) groups is 2. The molecule has 1 aromatic carbocycles. The molecular formula is C12H11ClFNO2. The number of amides is 2. The van der Waals surface area contributed by atoms with Crippen molar-refractivity contribution < 1.29 is 14.0 Å². The van der Waals surface area contributed by atoms with E-state index >= 15 is 0 Å². The van der Waals surface area contributed by atoms with Crippen LogP contribution in [0.2, 0.25) is 5.02 Å². The summed E-state index contributed by atoms with van der Waals surface area (Å²) in [6, 6.07) is 3.90. The van der Waals surface area contributed by atoms with Crippen molar-refractivity contribution in [3.63, 3.8) is 0 Å². The average Bonchev–Trinajstić information content (AvgIpc) is 2.50. The fraction of sp³-hybridized carbons (Fsp3) is 0.333. The molecule has 17 heavy (non-hydrogen) atoms. The molecule has 2 amide bonds. The fourth-order valence-corrected chi connectivity index (χ4v) is 2.03. The van der Waals surface area contributed by atoms with Gasteiger partial charge < -0.3 is 0 Å². The van der Waals surface area contributed by atoms with Gasteiger partial charge in [0, 0.05) is 17.4 Å². The first-order chi connectivity index (χ1) is 7.99. The van der Waals surface area contributed by atoms with Crippen LogP contribution in [0.4, 0.5) is 4.39 Å². The van der Waals surface area contributed by atoms with Gasteiger partial charge in [-0.2, -0.15) is 0 Å². The van der Waals surface area contributed by atoms with Gasteiger partial charge in [0.25, 0.3) is 0 Å². The Kier molecular flexibility index (Phi) is 3.15. The molecule has 1 aromatic rings. The lowest BCUT2D eigenvalue weighted by Crippen LogP contribution is -2.29. The molecule has 0 N–H and O–H groups in total. The number of benzene rings is 1. The van der Waals surface area contributed by atoms with Gasteiger partial charge in [-0.15, -0.1) is 0 Å². The number of likely N-dealkylation sites (tertiary alicyclic amines) is 1. The van der Waals surface area contributed by atoms with Crippen LogP contribution in [0.15, 0.2) is 18.2 Å². The number of imide groups is 1. The minimum absolute atomic E-state index is 0.0403. The van der Waals surface area contributed by atoms with Gasteiger partial charge in [0.15, 0.2) is 0 Å². The van der Waals surface area contributed by atoms with Crippen LogP contribution in [0.3, 0.4) is 0 Å². The highest BCUT2D eigenvalue weighted by Crippen LogP contribution is 2.24. The summed E-state index contributed by atoms with van der Waals surface area (Å²) in [7, 11) is 0. The molecule has 1 heterocycles. The molecule has 90 valence electrons. The van der Waals surface area contributed by atoms with E-state index in [0.717, 1.165) is 4.90 Å². The van der Waals surface area contributed by atoms with E-state index in [9.17, 15) is 14.0 Å². The zero-order valence-corrected chi connectivity index (χ0v) is 10.00. The molecule has 0 radical (unpaired) electrons. The lowest BCUT2D eigenvalue weighted by Gasteiger charge is -2.15. The Bertz CT molecular complexity index is 489. The molecule has 0 spiro atoms. The van der Waals surface area contributed by atoms with E-state index in [4.69, 9.17) is 11.6 Å². The van der Waals surface area contributed by atoms with Gasteiger partial charge in [-0.1, -0.05) is 18.5 Å². The normalized spacial score (nSPS) is 20.2. The first-order valence-electron chi connectivity index (χ1n) is 5.27. The number of carbonyl (C=O) groups excluding carboxylic acids is 2. The van der Waals surface area contributed by atoms with E-state index in [-0.39, 0.29) is 30.7 Å². The molecule has 0 unspecified atom stereocenters. The number of hydrogen-bond acceptors (Lipinski definition) is 2. The number of nitrogens with zero attached hydrogens (tertiary/aromatic N) is 1. The Morgan fingerprint density at radius 2 is 2.18 bits per heavy atom. The van der Waals surface area contributed by atoms with Crippen molar-refractivity contribution in [2.24, 2.45) is 5.92 Å². The average molecular weight is 256 g/mol. The molecule has 1 fully saturated rings. The Morgan fingerprint density at radius 1 is 1.47 bits per heavy atom. The molecule has 1 aliphatic rings. The highest BCUT2D eigenvalue weighted by molar-refractivity contribution is 6.31. The summed E-state index contributed by atoms with van der Waals surface area (Å²) in [6.45, 7) is 1.74. The molecule has 1 atom stereocenters. The van der Waals surface area contributed by atoms with Crippen LogP contribution in [-0.2, 0) is 16.1 Å². The first-order valence-corrected chi connectivity index (χ1v) is 5.65. The topological polar surface area (TPSA) is 37.4 Å². The fourth-order valence-electron chi connectivity index (χ4n) is 1.85. The largest absolute Gasteiger partial charge is 0.278 e. The van der Waals surface area contributed by atoms with Gasteiger partial charge >= 0.3 is 0 Å². The van der Waals surface area contributed by atoms with Crippen molar-refractivity contribution in [2.45, 2.75) is 19.9 Å². The maximum absolute atomic E-state index is 13.0. The van der Waals surface area contributed by atoms with Crippen molar-refractivity contribution in [3.8, 4) is 0 Å². The maximum atomic E-state index is 13.0. The zero-order chi connectivity index (χ0) is 12.6. The van der Waals surface area contributed by atoms with Gasteiger partial charge in [-0.25, -0.2) is 4.39 Å². The van der Waals surface area contributed by atoms with E-state index in [2.05, 4.69) is 0 Å². The molecule has 3 nitrogen and oxygen atoms in total. The predicted molar refractivity (Wildman–Crippen MR) is 60.7 cm³/mol. The van der Waals surface area contributed by atoms with Gasteiger partial charge in [-0.3, -0.25) is 14.5 Å². The lowest BCUT2D eigenvalue weighted by molar-refractivity contribution is -0.139. The van der Waals surface area contributed by atoms with Crippen LogP contribution in [0.5, 0.6) is 0 Å². The molecule has 1 saturated heterocycles. The molecular weight excluding hydrogens is 245 g/mol. The summed E-state index contributed by atoms with van der Waals surface area (Å²) < 4.78 is 13.0. The van der Waals surface area contributed by atoms with Gasteiger partial charge in [0.2, 0.25) is 11.8 Å². The third-order valence-corrected chi connectivity index (χ3v) is 3.17. The Morgan fingerprint density at radius 3 is 2.76 bits per heavy atom. The number of halogens is 2. The molecule has 0 aliphatic carbocycles. The van der Waals surface area contributed by atoms with Gasteiger partial charge in [0.1, 0.15) is 5.82 Å². The van der Waals surface area contributed by atoms with Gasteiger partial charge in [-0.05, 0) is 23.8 Å². The second-order valence-corrected chi connectivity index (χ2v) is 4.57. The smallest absolute Gasteiger partial charge is 0.232 e. The molecule has 0 saturated carbocycles. The van der Waals surface area contributed by atoms with Crippen LogP contribution in [0, 0.1) is 11.7 Å². The Balaban J connectivity index is 2.24. The monoisotopic (exact) mass is 255 g/mol. The first kappa shape index (κ1) is 12.0.